The number of hydrogen-bond donors (Lipinski definition) is 1. The van der Waals surface area contributed by atoms with E-state index in [9.17, 15) is 23.7 Å². The van der Waals surface area contributed by atoms with Gasteiger partial charge in [-0.1, -0.05) is 0 Å². The summed E-state index contributed by atoms with van der Waals surface area (Å²) in [6.45, 7) is 1.32. The maximum Gasteiger partial charge on any atom is 0.270 e. The minimum atomic E-state index is -0.882. The van der Waals surface area contributed by atoms with E-state index in [0.29, 0.717) is 0 Å². The highest BCUT2D eigenvalue weighted by Gasteiger charge is 2.19. The Morgan fingerprint density at radius 2 is 2.05 bits per heavy atom. The number of aryl methyl sites for hydroxylation is 1. The number of benzene rings is 1. The number of hydrogen-bond acceptors (Lipinski definition) is 4. The molecule has 0 spiro atoms. The Hall–Kier alpha value is -2.90. The van der Waals surface area contributed by atoms with Crippen molar-refractivity contribution in [3.63, 3.8) is 0 Å². The number of nitro groups is 1. The number of nitrogens with zero attached hydrogens (tertiary/aromatic N) is 2. The van der Waals surface area contributed by atoms with Crippen LogP contribution < -0.4 is 5.32 Å². The van der Waals surface area contributed by atoms with E-state index >= 15 is 0 Å². The van der Waals surface area contributed by atoms with Crippen LogP contribution in [-0.4, -0.2) is 15.8 Å². The van der Waals surface area contributed by atoms with Crippen molar-refractivity contribution in [2.75, 3.05) is 5.32 Å². The van der Waals surface area contributed by atoms with E-state index in [1.807, 2.05) is 0 Å². The molecule has 0 atom stereocenters. The third-order valence-corrected chi connectivity index (χ3v) is 2.68. The first kappa shape index (κ1) is 14.5. The predicted octanol–water partition coefficient (Wildman–Crippen LogP) is 2.83. The molecule has 108 valence electrons. The van der Waals surface area contributed by atoms with Gasteiger partial charge in [0, 0.05) is 12.1 Å². The molecule has 1 heterocycles. The Labute approximate surface area is 117 Å². The maximum atomic E-state index is 13.9. The molecular formula is C13H9F2N3O3. The van der Waals surface area contributed by atoms with Crippen molar-refractivity contribution in [2.24, 2.45) is 0 Å². The molecule has 0 unspecified atom stereocenters. The summed E-state index contributed by atoms with van der Waals surface area (Å²) in [5.41, 5.74) is -0.737. The van der Waals surface area contributed by atoms with Gasteiger partial charge in [0.1, 0.15) is 5.82 Å². The second-order valence-electron chi connectivity index (χ2n) is 4.21. The van der Waals surface area contributed by atoms with Crippen molar-refractivity contribution in [3.05, 3.63) is 63.5 Å². The molecule has 0 bridgehead atoms. The van der Waals surface area contributed by atoms with Crippen LogP contribution in [0.5, 0.6) is 0 Å². The zero-order valence-electron chi connectivity index (χ0n) is 10.8. The van der Waals surface area contributed by atoms with Crippen LogP contribution in [0.3, 0.4) is 0 Å². The number of pyridine rings is 1. The number of carbonyl (C=O) groups excluding carboxylic acids is 1. The Balaban J connectivity index is 2.34. The van der Waals surface area contributed by atoms with Gasteiger partial charge >= 0.3 is 0 Å². The number of nitro benzene ring substituents is 1. The first-order valence-corrected chi connectivity index (χ1v) is 5.76. The lowest BCUT2D eigenvalue weighted by molar-refractivity contribution is -0.385. The number of rotatable bonds is 3. The third-order valence-electron chi connectivity index (χ3n) is 2.68. The van der Waals surface area contributed by atoms with Crippen LogP contribution in [-0.2, 0) is 0 Å². The van der Waals surface area contributed by atoms with Crippen LogP contribution >= 0.6 is 0 Å². The minimum Gasteiger partial charge on any atom is -0.320 e. The molecule has 0 fully saturated rings. The van der Waals surface area contributed by atoms with Gasteiger partial charge in [-0.2, -0.15) is 4.39 Å². The molecule has 0 aliphatic heterocycles. The highest BCUT2D eigenvalue weighted by atomic mass is 19.1. The lowest BCUT2D eigenvalue weighted by Crippen LogP contribution is -2.15. The van der Waals surface area contributed by atoms with Crippen LogP contribution in [0.15, 0.2) is 30.5 Å². The van der Waals surface area contributed by atoms with E-state index in [1.54, 1.807) is 0 Å². The van der Waals surface area contributed by atoms with Crippen molar-refractivity contribution < 1.29 is 18.5 Å². The van der Waals surface area contributed by atoms with E-state index in [0.717, 1.165) is 24.4 Å². The van der Waals surface area contributed by atoms with Crippen LogP contribution in [0.1, 0.15) is 15.9 Å². The molecule has 2 rings (SSSR count). The highest BCUT2D eigenvalue weighted by Crippen LogP contribution is 2.22. The molecule has 2 aromatic rings. The van der Waals surface area contributed by atoms with Gasteiger partial charge in [-0.3, -0.25) is 14.9 Å². The molecule has 1 aromatic heterocycles. The second-order valence-corrected chi connectivity index (χ2v) is 4.21. The van der Waals surface area contributed by atoms with Crippen LogP contribution in [0.2, 0.25) is 0 Å². The fraction of sp³-hybridized carbons (Fsp3) is 0.0769. The van der Waals surface area contributed by atoms with E-state index in [-0.39, 0.29) is 11.3 Å². The molecule has 0 aliphatic rings. The van der Waals surface area contributed by atoms with Crippen LogP contribution in [0, 0.1) is 28.8 Å². The fourth-order valence-corrected chi connectivity index (χ4v) is 1.67. The first-order valence-electron chi connectivity index (χ1n) is 5.76. The van der Waals surface area contributed by atoms with Crippen molar-refractivity contribution in [3.8, 4) is 0 Å². The third kappa shape index (κ3) is 3.16. The van der Waals surface area contributed by atoms with E-state index in [2.05, 4.69) is 10.3 Å². The standard InChI is InChI=1S/C13H9F2N3O3/c1-7-4-9(18(20)21)5-10(12(7)15)13(19)17-8-2-3-11(14)16-6-8/h2-6H,1H3,(H,17,19). The Bertz CT molecular complexity index is 717. The smallest absolute Gasteiger partial charge is 0.270 e. The van der Waals surface area contributed by atoms with Gasteiger partial charge in [-0.05, 0) is 24.6 Å². The number of anilines is 1. The maximum absolute atomic E-state index is 13.9. The van der Waals surface area contributed by atoms with Gasteiger partial charge in [-0.25, -0.2) is 9.37 Å². The number of halogens is 2. The van der Waals surface area contributed by atoms with Gasteiger partial charge in [0.15, 0.2) is 0 Å². The molecule has 0 radical (unpaired) electrons. The first-order chi connectivity index (χ1) is 9.88. The molecule has 0 aliphatic carbocycles. The Kier molecular flexibility index (Phi) is 3.88. The number of amides is 1. The molecule has 1 aromatic carbocycles. The summed E-state index contributed by atoms with van der Waals surface area (Å²) in [6.07, 6.45) is 1.05. The molecule has 0 saturated heterocycles. The van der Waals surface area contributed by atoms with Crippen molar-refractivity contribution in [2.45, 2.75) is 6.92 Å². The average molecular weight is 293 g/mol. The van der Waals surface area contributed by atoms with Gasteiger partial charge < -0.3 is 5.32 Å². The summed E-state index contributed by atoms with van der Waals surface area (Å²) in [5, 5.41) is 13.0. The van der Waals surface area contributed by atoms with Gasteiger partial charge in [0.05, 0.1) is 22.4 Å². The van der Waals surface area contributed by atoms with Gasteiger partial charge in [0.2, 0.25) is 5.95 Å². The fourth-order valence-electron chi connectivity index (χ4n) is 1.67. The summed E-state index contributed by atoms with van der Waals surface area (Å²) in [4.78, 5) is 25.3. The highest BCUT2D eigenvalue weighted by molar-refractivity contribution is 6.04. The number of nitrogens with one attached hydrogen (secondary N) is 1. The number of non-ortho nitro benzene ring substituents is 1. The van der Waals surface area contributed by atoms with Crippen molar-refractivity contribution in [1.82, 2.24) is 4.98 Å². The number of aromatic nitrogens is 1. The van der Waals surface area contributed by atoms with Crippen LogP contribution in [0.25, 0.3) is 0 Å². The molecule has 0 saturated carbocycles. The average Bonchev–Trinajstić information content (AvgIpc) is 2.43. The topological polar surface area (TPSA) is 85.1 Å². The van der Waals surface area contributed by atoms with E-state index < -0.39 is 33.8 Å². The van der Waals surface area contributed by atoms with Crippen molar-refractivity contribution >= 4 is 17.3 Å². The zero-order valence-corrected chi connectivity index (χ0v) is 10.8. The molecule has 1 amide bonds. The molecular weight excluding hydrogens is 284 g/mol. The van der Waals surface area contributed by atoms with Crippen molar-refractivity contribution in [1.29, 1.82) is 0 Å². The Morgan fingerprint density at radius 1 is 1.33 bits per heavy atom. The monoisotopic (exact) mass is 293 g/mol. The zero-order chi connectivity index (χ0) is 15.6. The summed E-state index contributed by atoms with van der Waals surface area (Å²) in [6, 6.07) is 4.13. The van der Waals surface area contributed by atoms with Gasteiger partial charge in [0.25, 0.3) is 11.6 Å². The lowest BCUT2D eigenvalue weighted by atomic mass is 10.1. The second kappa shape index (κ2) is 5.61. The normalized spacial score (nSPS) is 10.2. The lowest BCUT2D eigenvalue weighted by Gasteiger charge is -2.07. The quantitative estimate of drug-likeness (QED) is 0.535. The summed E-state index contributed by atoms with van der Waals surface area (Å²) in [5.74, 6) is -2.47. The summed E-state index contributed by atoms with van der Waals surface area (Å²) < 4.78 is 26.6. The molecule has 8 heteroatoms. The van der Waals surface area contributed by atoms with E-state index in [4.69, 9.17) is 0 Å². The largest absolute Gasteiger partial charge is 0.320 e. The van der Waals surface area contributed by atoms with E-state index in [1.165, 1.54) is 13.0 Å². The molecule has 21 heavy (non-hydrogen) atoms. The number of carbonyl (C=O) groups is 1. The summed E-state index contributed by atoms with van der Waals surface area (Å²) >= 11 is 0. The van der Waals surface area contributed by atoms with Crippen LogP contribution in [0.4, 0.5) is 20.2 Å². The van der Waals surface area contributed by atoms with Gasteiger partial charge in [-0.15, -0.1) is 0 Å². The SMILES string of the molecule is Cc1cc([N+](=O)[O-])cc(C(=O)Nc2ccc(F)nc2)c1F. The predicted molar refractivity (Wildman–Crippen MR) is 69.9 cm³/mol. The molecule has 1 N–H and O–H groups in total. The summed E-state index contributed by atoms with van der Waals surface area (Å²) in [7, 11) is 0. The minimum absolute atomic E-state index is 0.0217. The molecule has 6 nitrogen and oxygen atoms in total. The Morgan fingerprint density at radius 3 is 2.62 bits per heavy atom.